The van der Waals surface area contributed by atoms with Crippen LogP contribution in [0.3, 0.4) is 0 Å². The van der Waals surface area contributed by atoms with Crippen LogP contribution >= 0.6 is 0 Å². The molecule has 2 aromatic heterocycles. The van der Waals surface area contributed by atoms with Gasteiger partial charge in [0.1, 0.15) is 19.0 Å². The number of unbranched alkanes of at least 4 members (excludes halogenated alkanes) is 1. The number of nitrogens with one attached hydrogen (secondary N) is 2. The first-order valence-electron chi connectivity index (χ1n) is 11.8. The highest BCUT2D eigenvalue weighted by Crippen LogP contribution is 2.22. The van der Waals surface area contributed by atoms with E-state index in [1.54, 1.807) is 16.7 Å². The van der Waals surface area contributed by atoms with Gasteiger partial charge in [0, 0.05) is 18.7 Å². The SMILES string of the molecule is CCCCn1c(=O)[nH]c(=O)c2c1nc(COC(=O)CNC(=O)c1ccc(C(C)(C)C)cc1)n2CC. The van der Waals surface area contributed by atoms with Gasteiger partial charge in [-0.1, -0.05) is 46.2 Å². The number of carbonyl (C=O) groups excluding carboxylic acids is 2. The molecular formula is C25H33N5O5. The Hall–Kier alpha value is -3.69. The number of rotatable bonds is 9. The number of imidazole rings is 1. The Bertz CT molecular complexity index is 1330. The summed E-state index contributed by atoms with van der Waals surface area (Å²) in [6.45, 7) is 10.4. The normalized spacial score (nSPS) is 11.6. The maximum atomic E-state index is 12.5. The molecule has 0 saturated heterocycles. The van der Waals surface area contributed by atoms with Crippen molar-refractivity contribution in [2.24, 2.45) is 0 Å². The van der Waals surface area contributed by atoms with Gasteiger partial charge in [0.2, 0.25) is 0 Å². The second kappa shape index (κ2) is 10.7. The monoisotopic (exact) mass is 483 g/mol. The van der Waals surface area contributed by atoms with Crippen LogP contribution in [0.1, 0.15) is 69.2 Å². The lowest BCUT2D eigenvalue weighted by Gasteiger charge is -2.19. The number of aromatic amines is 1. The average molecular weight is 484 g/mol. The van der Waals surface area contributed by atoms with Crippen LogP contribution in [0, 0.1) is 0 Å². The van der Waals surface area contributed by atoms with E-state index in [9.17, 15) is 19.2 Å². The number of hydrogen-bond donors (Lipinski definition) is 2. The number of nitrogens with zero attached hydrogens (tertiary/aromatic N) is 3. The summed E-state index contributed by atoms with van der Waals surface area (Å²) in [5, 5.41) is 2.56. The molecule has 1 aromatic carbocycles. The van der Waals surface area contributed by atoms with Crippen LogP contribution < -0.4 is 16.6 Å². The van der Waals surface area contributed by atoms with E-state index in [0.717, 1.165) is 18.4 Å². The maximum absolute atomic E-state index is 12.5. The third-order valence-electron chi connectivity index (χ3n) is 5.78. The number of amides is 1. The van der Waals surface area contributed by atoms with Crippen molar-refractivity contribution in [1.82, 2.24) is 24.4 Å². The predicted molar refractivity (Wildman–Crippen MR) is 132 cm³/mol. The molecule has 0 aliphatic rings. The Balaban J connectivity index is 1.68. The van der Waals surface area contributed by atoms with Crippen LogP contribution in [0.2, 0.25) is 0 Å². The van der Waals surface area contributed by atoms with Crippen molar-refractivity contribution in [3.8, 4) is 0 Å². The molecule has 0 spiro atoms. The first kappa shape index (κ1) is 25.9. The van der Waals surface area contributed by atoms with E-state index < -0.39 is 17.2 Å². The summed E-state index contributed by atoms with van der Waals surface area (Å²) in [6.07, 6.45) is 1.63. The molecule has 3 rings (SSSR count). The minimum Gasteiger partial charge on any atom is -0.456 e. The number of hydrogen-bond acceptors (Lipinski definition) is 6. The molecular weight excluding hydrogens is 450 g/mol. The van der Waals surface area contributed by atoms with Crippen molar-refractivity contribution in [1.29, 1.82) is 0 Å². The lowest BCUT2D eigenvalue weighted by molar-refractivity contribution is -0.144. The molecule has 3 aromatic rings. The van der Waals surface area contributed by atoms with Gasteiger partial charge in [-0.05, 0) is 36.5 Å². The van der Waals surface area contributed by atoms with E-state index in [-0.39, 0.29) is 35.6 Å². The van der Waals surface area contributed by atoms with Gasteiger partial charge in [-0.2, -0.15) is 0 Å². The Morgan fingerprint density at radius 2 is 1.77 bits per heavy atom. The van der Waals surface area contributed by atoms with Gasteiger partial charge in [-0.3, -0.25) is 23.9 Å². The fraction of sp³-hybridized carbons (Fsp3) is 0.480. The van der Waals surface area contributed by atoms with Crippen molar-refractivity contribution in [3.63, 3.8) is 0 Å². The number of benzene rings is 1. The van der Waals surface area contributed by atoms with Crippen molar-refractivity contribution >= 4 is 23.0 Å². The molecule has 35 heavy (non-hydrogen) atoms. The highest BCUT2D eigenvalue weighted by atomic mass is 16.5. The average Bonchev–Trinajstić information content (AvgIpc) is 3.19. The number of esters is 1. The van der Waals surface area contributed by atoms with Crippen LogP contribution in [0.15, 0.2) is 33.9 Å². The lowest BCUT2D eigenvalue weighted by atomic mass is 9.87. The molecule has 0 unspecified atom stereocenters. The number of H-pyrrole nitrogens is 1. The van der Waals surface area contributed by atoms with Crippen LogP contribution in [-0.4, -0.2) is 37.5 Å². The second-order valence-electron chi connectivity index (χ2n) is 9.38. The molecule has 188 valence electrons. The number of aromatic nitrogens is 4. The minimum absolute atomic E-state index is 0.0246. The largest absolute Gasteiger partial charge is 0.456 e. The highest BCUT2D eigenvalue weighted by molar-refractivity contribution is 5.95. The summed E-state index contributed by atoms with van der Waals surface area (Å²) >= 11 is 0. The van der Waals surface area contributed by atoms with Gasteiger partial charge in [0.05, 0.1) is 0 Å². The van der Waals surface area contributed by atoms with Gasteiger partial charge >= 0.3 is 11.7 Å². The molecule has 1 amide bonds. The van der Waals surface area contributed by atoms with E-state index in [4.69, 9.17) is 4.74 Å². The van der Waals surface area contributed by atoms with E-state index in [2.05, 4.69) is 36.1 Å². The lowest BCUT2D eigenvalue weighted by Crippen LogP contribution is -2.31. The van der Waals surface area contributed by atoms with Crippen LogP contribution in [0.4, 0.5) is 0 Å². The molecule has 0 aliphatic heterocycles. The number of ether oxygens (including phenoxy) is 1. The second-order valence-corrected chi connectivity index (χ2v) is 9.38. The first-order valence-corrected chi connectivity index (χ1v) is 11.8. The highest BCUT2D eigenvalue weighted by Gasteiger charge is 2.19. The zero-order valence-corrected chi connectivity index (χ0v) is 20.9. The Morgan fingerprint density at radius 1 is 1.09 bits per heavy atom. The molecule has 0 bridgehead atoms. The Morgan fingerprint density at radius 3 is 2.37 bits per heavy atom. The van der Waals surface area contributed by atoms with E-state index in [1.807, 2.05) is 26.0 Å². The fourth-order valence-corrected chi connectivity index (χ4v) is 3.76. The van der Waals surface area contributed by atoms with Gasteiger partial charge < -0.3 is 14.6 Å². The van der Waals surface area contributed by atoms with E-state index in [1.165, 1.54) is 4.57 Å². The van der Waals surface area contributed by atoms with Gasteiger partial charge in [-0.25, -0.2) is 9.78 Å². The zero-order valence-electron chi connectivity index (χ0n) is 20.9. The fourth-order valence-electron chi connectivity index (χ4n) is 3.76. The van der Waals surface area contributed by atoms with Crippen LogP contribution in [0.5, 0.6) is 0 Å². The minimum atomic E-state index is -0.642. The van der Waals surface area contributed by atoms with Gasteiger partial charge in [-0.15, -0.1) is 0 Å². The predicted octanol–water partition coefficient (Wildman–Crippen LogP) is 2.48. The summed E-state index contributed by atoms with van der Waals surface area (Å²) in [5.41, 5.74) is 1.01. The standard InChI is InChI=1S/C25H33N5O5/c1-6-8-13-30-21-20(23(33)28-24(30)34)29(7-2)18(27-21)15-35-19(31)14-26-22(32)16-9-11-17(12-10-16)25(3,4)5/h9-12H,6-8,13-15H2,1-5H3,(H,26,32)(H,28,33,34). The van der Waals surface area contributed by atoms with Crippen molar-refractivity contribution < 1.29 is 14.3 Å². The summed E-state index contributed by atoms with van der Waals surface area (Å²) in [7, 11) is 0. The maximum Gasteiger partial charge on any atom is 0.330 e. The summed E-state index contributed by atoms with van der Waals surface area (Å²) < 4.78 is 8.36. The first-order chi connectivity index (χ1) is 16.6. The third-order valence-corrected chi connectivity index (χ3v) is 5.78. The molecule has 10 heteroatoms. The third kappa shape index (κ3) is 5.87. The number of aryl methyl sites for hydroxylation is 2. The summed E-state index contributed by atoms with van der Waals surface area (Å²) in [4.78, 5) is 56.2. The Kier molecular flexibility index (Phi) is 7.93. The molecule has 0 aliphatic carbocycles. The van der Waals surface area contributed by atoms with Crippen molar-refractivity contribution in [2.45, 2.75) is 72.6 Å². The van der Waals surface area contributed by atoms with Crippen molar-refractivity contribution in [2.75, 3.05) is 6.54 Å². The smallest absolute Gasteiger partial charge is 0.330 e. The van der Waals surface area contributed by atoms with Crippen molar-refractivity contribution in [3.05, 3.63) is 62.1 Å². The topological polar surface area (TPSA) is 128 Å². The Labute approximate surface area is 203 Å². The van der Waals surface area contributed by atoms with Crippen LogP contribution in [-0.2, 0) is 34.6 Å². The summed E-state index contributed by atoms with van der Waals surface area (Å²) in [6, 6.07) is 7.23. The molecule has 0 atom stereocenters. The van der Waals surface area contributed by atoms with Gasteiger partial charge in [0.25, 0.3) is 11.5 Å². The number of fused-ring (bicyclic) bond motifs is 1. The number of carbonyl (C=O) groups is 2. The molecule has 2 N–H and O–H groups in total. The summed E-state index contributed by atoms with van der Waals surface area (Å²) in [5.74, 6) is -0.673. The zero-order chi connectivity index (χ0) is 25.8. The van der Waals surface area contributed by atoms with Crippen LogP contribution in [0.25, 0.3) is 11.2 Å². The van der Waals surface area contributed by atoms with Gasteiger partial charge in [0.15, 0.2) is 11.2 Å². The van der Waals surface area contributed by atoms with E-state index in [0.29, 0.717) is 24.5 Å². The molecule has 2 heterocycles. The molecule has 10 nitrogen and oxygen atoms in total. The molecule has 0 radical (unpaired) electrons. The molecule has 0 saturated carbocycles. The molecule has 0 fully saturated rings. The van der Waals surface area contributed by atoms with E-state index >= 15 is 0 Å². The quantitative estimate of drug-likeness (QED) is 0.450.